The van der Waals surface area contributed by atoms with E-state index in [-0.39, 0.29) is 5.91 Å². The lowest BCUT2D eigenvalue weighted by atomic mass is 10.1. The second-order valence-corrected chi connectivity index (χ2v) is 8.65. The summed E-state index contributed by atoms with van der Waals surface area (Å²) >= 11 is 1.58. The number of hydrogen-bond donors (Lipinski definition) is 0. The number of carbonyl (C=O) groups excluding carboxylic acids is 1. The number of hydrogen-bond acceptors (Lipinski definition) is 4. The van der Waals surface area contributed by atoms with Crippen molar-refractivity contribution in [3.63, 3.8) is 0 Å². The zero-order valence-corrected chi connectivity index (χ0v) is 19.4. The summed E-state index contributed by atoms with van der Waals surface area (Å²) in [6, 6.07) is 25.3. The smallest absolute Gasteiger partial charge is 0.264 e. The van der Waals surface area contributed by atoms with E-state index in [9.17, 15) is 4.79 Å². The van der Waals surface area contributed by atoms with Crippen LogP contribution in [-0.4, -0.2) is 18.0 Å². The number of aryl methyl sites for hydroxylation is 2. The van der Waals surface area contributed by atoms with Crippen molar-refractivity contribution in [1.82, 2.24) is 4.98 Å². The highest BCUT2D eigenvalue weighted by atomic mass is 32.1. The van der Waals surface area contributed by atoms with Gasteiger partial charge in [-0.3, -0.25) is 9.69 Å². The minimum absolute atomic E-state index is 0.105. The molecule has 4 nitrogen and oxygen atoms in total. The van der Waals surface area contributed by atoms with Crippen molar-refractivity contribution in [2.24, 2.45) is 0 Å². The normalized spacial score (nSPS) is 10.7. The van der Waals surface area contributed by atoms with Crippen LogP contribution in [0, 0.1) is 6.92 Å². The molecule has 3 aromatic carbocycles. The molecule has 4 rings (SSSR count). The maximum absolute atomic E-state index is 13.7. The van der Waals surface area contributed by atoms with Gasteiger partial charge in [-0.15, -0.1) is 11.3 Å². The van der Waals surface area contributed by atoms with Crippen LogP contribution in [0.5, 0.6) is 5.75 Å². The minimum atomic E-state index is -0.105. The lowest BCUT2D eigenvalue weighted by Gasteiger charge is -2.20. The third kappa shape index (κ3) is 4.58. The number of thiazole rings is 1. The molecule has 1 heterocycles. The van der Waals surface area contributed by atoms with E-state index in [4.69, 9.17) is 9.72 Å². The van der Waals surface area contributed by atoms with E-state index >= 15 is 0 Å². The summed E-state index contributed by atoms with van der Waals surface area (Å²) in [5.74, 6) is 0.638. The highest BCUT2D eigenvalue weighted by Crippen LogP contribution is 2.38. The van der Waals surface area contributed by atoms with Gasteiger partial charge in [-0.1, -0.05) is 61.4 Å². The molecule has 5 heteroatoms. The molecule has 4 aromatic rings. The van der Waals surface area contributed by atoms with Crippen LogP contribution < -0.4 is 9.64 Å². The number of rotatable bonds is 7. The fraction of sp³-hybridized carbons (Fsp3) is 0.185. The molecule has 1 aromatic heterocycles. The Hall–Kier alpha value is -3.44. The largest absolute Gasteiger partial charge is 0.497 e. The number of amides is 1. The highest BCUT2D eigenvalue weighted by molar-refractivity contribution is 7.16. The van der Waals surface area contributed by atoms with E-state index in [0.29, 0.717) is 10.7 Å². The number of methoxy groups -OCH3 is 1. The van der Waals surface area contributed by atoms with E-state index in [1.165, 1.54) is 4.88 Å². The summed E-state index contributed by atoms with van der Waals surface area (Å²) in [5, 5.41) is 0.669. The Morgan fingerprint density at radius 1 is 0.969 bits per heavy atom. The van der Waals surface area contributed by atoms with E-state index < -0.39 is 0 Å². The first-order chi connectivity index (χ1) is 15.6. The van der Waals surface area contributed by atoms with E-state index in [0.717, 1.165) is 41.1 Å². The molecule has 0 N–H and O–H groups in total. The lowest BCUT2D eigenvalue weighted by molar-refractivity contribution is 0.0999. The molecule has 0 atom stereocenters. The summed E-state index contributed by atoms with van der Waals surface area (Å²) in [6.07, 6.45) is 1.92. The first-order valence-corrected chi connectivity index (χ1v) is 11.5. The van der Waals surface area contributed by atoms with Gasteiger partial charge in [0.1, 0.15) is 5.75 Å². The first-order valence-electron chi connectivity index (χ1n) is 10.7. The van der Waals surface area contributed by atoms with Gasteiger partial charge >= 0.3 is 0 Å². The molecule has 0 aliphatic rings. The Morgan fingerprint density at radius 2 is 1.66 bits per heavy atom. The Bertz CT molecular complexity index is 1180. The second-order valence-electron chi connectivity index (χ2n) is 7.59. The van der Waals surface area contributed by atoms with Crippen molar-refractivity contribution in [3.05, 3.63) is 94.9 Å². The third-order valence-electron chi connectivity index (χ3n) is 5.23. The maximum atomic E-state index is 13.7. The van der Waals surface area contributed by atoms with Crippen molar-refractivity contribution >= 4 is 28.1 Å². The summed E-state index contributed by atoms with van der Waals surface area (Å²) in [7, 11) is 1.63. The second kappa shape index (κ2) is 9.79. The van der Waals surface area contributed by atoms with Gasteiger partial charge in [0, 0.05) is 16.0 Å². The number of benzene rings is 3. The van der Waals surface area contributed by atoms with Crippen LogP contribution in [0.4, 0.5) is 10.8 Å². The van der Waals surface area contributed by atoms with Crippen LogP contribution in [0.2, 0.25) is 0 Å². The monoisotopic (exact) mass is 442 g/mol. The number of ether oxygens (including phenoxy) is 1. The number of nitrogens with zero attached hydrogens (tertiary/aromatic N) is 2. The zero-order valence-electron chi connectivity index (χ0n) is 18.5. The number of carbonyl (C=O) groups is 1. The predicted molar refractivity (Wildman–Crippen MR) is 132 cm³/mol. The van der Waals surface area contributed by atoms with Gasteiger partial charge in [0.15, 0.2) is 5.13 Å². The van der Waals surface area contributed by atoms with Crippen LogP contribution in [0.1, 0.15) is 34.1 Å². The predicted octanol–water partition coefficient (Wildman–Crippen LogP) is 7.06. The van der Waals surface area contributed by atoms with Gasteiger partial charge in [-0.05, 0) is 49.7 Å². The van der Waals surface area contributed by atoms with Gasteiger partial charge in [-0.25, -0.2) is 4.98 Å². The van der Waals surface area contributed by atoms with Crippen molar-refractivity contribution in [2.75, 3.05) is 12.0 Å². The Kier molecular flexibility index (Phi) is 6.66. The number of anilines is 2. The topological polar surface area (TPSA) is 42.4 Å². The Balaban J connectivity index is 1.83. The molecule has 0 saturated carbocycles. The average Bonchev–Trinajstić information content (AvgIpc) is 3.24. The van der Waals surface area contributed by atoms with Crippen LogP contribution in [-0.2, 0) is 6.42 Å². The van der Waals surface area contributed by atoms with Gasteiger partial charge in [0.2, 0.25) is 0 Å². The molecular weight excluding hydrogens is 416 g/mol. The molecule has 0 spiro atoms. The molecular formula is C27H26N2O2S. The molecule has 0 saturated heterocycles. The molecule has 0 aliphatic heterocycles. The summed E-state index contributed by atoms with van der Waals surface area (Å²) in [6.45, 7) is 4.17. The van der Waals surface area contributed by atoms with Crippen molar-refractivity contribution in [1.29, 1.82) is 0 Å². The minimum Gasteiger partial charge on any atom is -0.497 e. The van der Waals surface area contributed by atoms with Crippen molar-refractivity contribution < 1.29 is 9.53 Å². The quantitative estimate of drug-likeness (QED) is 0.308. The van der Waals surface area contributed by atoms with Gasteiger partial charge in [0.05, 0.1) is 18.5 Å². The van der Waals surface area contributed by atoms with Crippen LogP contribution >= 0.6 is 11.3 Å². The first kappa shape index (κ1) is 21.8. The SMILES string of the molecule is CCCc1sc(N(C(=O)c2ccc(C)cc2)c2ccc(OC)cc2)nc1-c1ccccc1. The fourth-order valence-electron chi connectivity index (χ4n) is 3.52. The van der Waals surface area contributed by atoms with Gasteiger partial charge in [-0.2, -0.15) is 0 Å². The van der Waals surface area contributed by atoms with Crippen LogP contribution in [0.25, 0.3) is 11.3 Å². The molecule has 0 fully saturated rings. The van der Waals surface area contributed by atoms with Gasteiger partial charge < -0.3 is 4.74 Å². The Morgan fingerprint density at radius 3 is 2.28 bits per heavy atom. The molecule has 0 aliphatic carbocycles. The summed E-state index contributed by atoms with van der Waals surface area (Å²) < 4.78 is 5.31. The van der Waals surface area contributed by atoms with Crippen LogP contribution in [0.3, 0.4) is 0 Å². The number of aromatic nitrogens is 1. The standard InChI is InChI=1S/C27H26N2O2S/c1-4-8-24-25(20-9-6-5-7-10-20)28-27(32-24)29(22-15-17-23(31-3)18-16-22)26(30)21-13-11-19(2)12-14-21/h5-7,9-18H,4,8H2,1-3H3. The fourth-order valence-corrected chi connectivity index (χ4v) is 4.73. The molecule has 0 bridgehead atoms. The van der Waals surface area contributed by atoms with E-state index in [1.807, 2.05) is 73.7 Å². The van der Waals surface area contributed by atoms with E-state index in [1.54, 1.807) is 23.3 Å². The highest BCUT2D eigenvalue weighted by Gasteiger charge is 2.25. The third-order valence-corrected chi connectivity index (χ3v) is 6.33. The molecule has 162 valence electrons. The molecule has 32 heavy (non-hydrogen) atoms. The Labute approximate surface area is 193 Å². The lowest BCUT2D eigenvalue weighted by Crippen LogP contribution is -2.25. The summed E-state index contributed by atoms with van der Waals surface area (Å²) in [5.41, 5.74) is 4.51. The van der Waals surface area contributed by atoms with Crippen molar-refractivity contribution in [3.8, 4) is 17.0 Å². The molecule has 1 amide bonds. The van der Waals surface area contributed by atoms with Gasteiger partial charge in [0.25, 0.3) is 5.91 Å². The summed E-state index contributed by atoms with van der Waals surface area (Å²) in [4.78, 5) is 21.6. The zero-order chi connectivity index (χ0) is 22.5. The maximum Gasteiger partial charge on any atom is 0.264 e. The van der Waals surface area contributed by atoms with Crippen LogP contribution in [0.15, 0.2) is 78.9 Å². The van der Waals surface area contributed by atoms with Crippen molar-refractivity contribution in [2.45, 2.75) is 26.7 Å². The molecule has 0 radical (unpaired) electrons. The van der Waals surface area contributed by atoms with E-state index in [2.05, 4.69) is 19.1 Å². The molecule has 0 unspecified atom stereocenters. The average molecular weight is 443 g/mol.